The number of carbonyl (C=O) groups is 2. The molecule has 0 aliphatic carbocycles. The molecule has 166 valence electrons. The molecular weight excluding hydrogens is 408 g/mol. The molecule has 1 aliphatic heterocycles. The van der Waals surface area contributed by atoms with Crippen molar-refractivity contribution in [2.75, 3.05) is 19.6 Å². The van der Waals surface area contributed by atoms with E-state index in [-0.39, 0.29) is 17.7 Å². The SMILES string of the molecule is O=C1CCN(C(=O)Cc2ccccc2)CCCC(c2nc(-c3cnccn3)no2)CCN1. The second kappa shape index (κ2) is 10.6. The van der Waals surface area contributed by atoms with E-state index in [2.05, 4.69) is 25.4 Å². The van der Waals surface area contributed by atoms with Gasteiger partial charge in [0.15, 0.2) is 0 Å². The van der Waals surface area contributed by atoms with Crippen LogP contribution in [0, 0.1) is 0 Å². The molecule has 32 heavy (non-hydrogen) atoms. The fourth-order valence-electron chi connectivity index (χ4n) is 3.79. The molecule has 2 aromatic heterocycles. The molecule has 1 unspecified atom stereocenters. The topological polar surface area (TPSA) is 114 Å². The first kappa shape index (κ1) is 21.6. The molecule has 1 saturated heterocycles. The lowest BCUT2D eigenvalue weighted by Crippen LogP contribution is -2.36. The molecule has 4 rings (SSSR count). The van der Waals surface area contributed by atoms with Crippen LogP contribution in [0.25, 0.3) is 11.5 Å². The van der Waals surface area contributed by atoms with Crippen molar-refractivity contribution >= 4 is 11.8 Å². The first-order valence-corrected chi connectivity index (χ1v) is 10.9. The molecule has 0 bridgehead atoms. The van der Waals surface area contributed by atoms with Crippen LogP contribution >= 0.6 is 0 Å². The van der Waals surface area contributed by atoms with Crippen LogP contribution < -0.4 is 5.32 Å². The summed E-state index contributed by atoms with van der Waals surface area (Å²) >= 11 is 0. The zero-order valence-electron chi connectivity index (χ0n) is 17.8. The number of hydrogen-bond acceptors (Lipinski definition) is 7. The van der Waals surface area contributed by atoms with Crippen molar-refractivity contribution in [3.05, 3.63) is 60.4 Å². The molecule has 1 aromatic carbocycles. The number of hydrogen-bond donors (Lipinski definition) is 1. The van der Waals surface area contributed by atoms with E-state index in [1.165, 1.54) is 0 Å². The predicted octanol–water partition coefficient (Wildman–Crippen LogP) is 2.37. The molecule has 3 aromatic rings. The summed E-state index contributed by atoms with van der Waals surface area (Å²) in [5, 5.41) is 6.98. The minimum Gasteiger partial charge on any atom is -0.356 e. The van der Waals surface area contributed by atoms with Crippen LogP contribution in [0.5, 0.6) is 0 Å². The highest BCUT2D eigenvalue weighted by atomic mass is 16.5. The van der Waals surface area contributed by atoms with Crippen LogP contribution in [0.1, 0.15) is 43.1 Å². The van der Waals surface area contributed by atoms with Gasteiger partial charge in [-0.3, -0.25) is 14.6 Å². The third-order valence-electron chi connectivity index (χ3n) is 5.54. The minimum atomic E-state index is -0.0612. The van der Waals surface area contributed by atoms with Crippen molar-refractivity contribution in [3.8, 4) is 11.5 Å². The maximum atomic E-state index is 12.9. The van der Waals surface area contributed by atoms with Gasteiger partial charge in [0.2, 0.25) is 23.5 Å². The predicted molar refractivity (Wildman–Crippen MR) is 116 cm³/mol. The van der Waals surface area contributed by atoms with Crippen molar-refractivity contribution < 1.29 is 14.1 Å². The molecule has 2 amide bonds. The van der Waals surface area contributed by atoms with Gasteiger partial charge in [0.1, 0.15) is 5.69 Å². The largest absolute Gasteiger partial charge is 0.356 e. The average Bonchev–Trinajstić information content (AvgIpc) is 3.30. The maximum absolute atomic E-state index is 12.9. The van der Waals surface area contributed by atoms with E-state index in [9.17, 15) is 9.59 Å². The summed E-state index contributed by atoms with van der Waals surface area (Å²) < 4.78 is 5.52. The third kappa shape index (κ3) is 5.75. The molecule has 9 nitrogen and oxygen atoms in total. The van der Waals surface area contributed by atoms with Gasteiger partial charge in [0.05, 0.1) is 12.6 Å². The smallest absolute Gasteiger partial charge is 0.230 e. The average molecular weight is 435 g/mol. The fraction of sp³-hybridized carbons (Fsp3) is 0.391. The summed E-state index contributed by atoms with van der Waals surface area (Å²) in [5.74, 6) is 0.862. The van der Waals surface area contributed by atoms with Gasteiger partial charge in [-0.2, -0.15) is 4.98 Å². The summed E-state index contributed by atoms with van der Waals surface area (Å²) in [6.45, 7) is 1.52. The van der Waals surface area contributed by atoms with Gasteiger partial charge >= 0.3 is 0 Å². The quantitative estimate of drug-likeness (QED) is 0.670. The zero-order chi connectivity index (χ0) is 22.2. The van der Waals surface area contributed by atoms with Crippen molar-refractivity contribution in [2.45, 2.75) is 38.0 Å². The van der Waals surface area contributed by atoms with Gasteiger partial charge in [0, 0.05) is 44.4 Å². The Morgan fingerprint density at radius 2 is 2.03 bits per heavy atom. The van der Waals surface area contributed by atoms with E-state index in [1.807, 2.05) is 30.3 Å². The molecule has 0 radical (unpaired) electrons. The summed E-state index contributed by atoms with van der Waals surface area (Å²) in [6.07, 6.45) is 7.61. The number of rotatable bonds is 4. The molecule has 9 heteroatoms. The van der Waals surface area contributed by atoms with Gasteiger partial charge in [0.25, 0.3) is 0 Å². The van der Waals surface area contributed by atoms with E-state index in [0.29, 0.717) is 56.3 Å². The number of benzene rings is 1. The Bertz CT molecular complexity index is 1020. The summed E-state index contributed by atoms with van der Waals surface area (Å²) in [6, 6.07) is 9.66. The van der Waals surface area contributed by atoms with E-state index >= 15 is 0 Å². The van der Waals surface area contributed by atoms with Crippen molar-refractivity contribution in [1.29, 1.82) is 0 Å². The second-order valence-corrected chi connectivity index (χ2v) is 7.82. The Hall–Kier alpha value is -3.62. The van der Waals surface area contributed by atoms with Crippen molar-refractivity contribution in [2.24, 2.45) is 0 Å². The van der Waals surface area contributed by atoms with Gasteiger partial charge < -0.3 is 14.7 Å². The first-order chi connectivity index (χ1) is 15.7. The normalized spacial score (nSPS) is 17.9. The number of carbonyl (C=O) groups excluding carboxylic acids is 2. The molecule has 1 aliphatic rings. The van der Waals surface area contributed by atoms with Crippen LogP contribution in [0.15, 0.2) is 53.4 Å². The molecule has 0 saturated carbocycles. The Kier molecular flexibility index (Phi) is 7.16. The van der Waals surface area contributed by atoms with Gasteiger partial charge in [-0.15, -0.1) is 0 Å². The first-order valence-electron chi connectivity index (χ1n) is 10.9. The number of nitrogens with zero attached hydrogens (tertiary/aromatic N) is 5. The van der Waals surface area contributed by atoms with Crippen molar-refractivity contribution in [1.82, 2.24) is 30.3 Å². The lowest BCUT2D eigenvalue weighted by Gasteiger charge is -2.23. The maximum Gasteiger partial charge on any atom is 0.230 e. The summed E-state index contributed by atoms with van der Waals surface area (Å²) in [7, 11) is 0. The number of amides is 2. The zero-order valence-corrected chi connectivity index (χ0v) is 17.8. The van der Waals surface area contributed by atoms with E-state index in [0.717, 1.165) is 18.4 Å². The highest BCUT2D eigenvalue weighted by Crippen LogP contribution is 2.26. The van der Waals surface area contributed by atoms with Crippen LogP contribution in [-0.2, 0) is 16.0 Å². The van der Waals surface area contributed by atoms with E-state index in [4.69, 9.17) is 4.52 Å². The summed E-state index contributed by atoms with van der Waals surface area (Å²) in [4.78, 5) is 39.7. The highest BCUT2D eigenvalue weighted by molar-refractivity contribution is 5.80. The minimum absolute atomic E-state index is 0.0163. The molecule has 3 heterocycles. The molecule has 1 N–H and O–H groups in total. The van der Waals surface area contributed by atoms with Crippen LogP contribution in [-0.4, -0.2) is 56.5 Å². The Labute approximate surface area is 186 Å². The van der Waals surface area contributed by atoms with Gasteiger partial charge in [-0.05, 0) is 24.8 Å². The van der Waals surface area contributed by atoms with Crippen LogP contribution in [0.2, 0.25) is 0 Å². The summed E-state index contributed by atoms with van der Waals surface area (Å²) in [5.41, 5.74) is 1.52. The molecular formula is C23H26N6O3. The Morgan fingerprint density at radius 3 is 2.84 bits per heavy atom. The Balaban J connectivity index is 1.43. The number of nitrogens with one attached hydrogen (secondary N) is 1. The lowest BCUT2D eigenvalue weighted by atomic mass is 9.99. The third-order valence-corrected chi connectivity index (χ3v) is 5.54. The van der Waals surface area contributed by atoms with Crippen LogP contribution in [0.3, 0.4) is 0 Å². The fourth-order valence-corrected chi connectivity index (χ4v) is 3.79. The molecule has 1 fully saturated rings. The Morgan fingerprint density at radius 1 is 1.16 bits per heavy atom. The monoisotopic (exact) mass is 434 g/mol. The van der Waals surface area contributed by atoms with Gasteiger partial charge in [-0.25, -0.2) is 4.98 Å². The second-order valence-electron chi connectivity index (χ2n) is 7.82. The molecule has 1 atom stereocenters. The van der Waals surface area contributed by atoms with Crippen LogP contribution in [0.4, 0.5) is 0 Å². The van der Waals surface area contributed by atoms with E-state index in [1.54, 1.807) is 23.5 Å². The molecule has 0 spiro atoms. The number of aromatic nitrogens is 4. The standard InChI is InChI=1S/C23H26N6O3/c30-20-9-14-29(21(31)15-17-5-2-1-3-6-17)13-4-7-18(8-10-26-20)23-27-22(28-32-23)19-16-24-11-12-25-19/h1-3,5-6,11-12,16,18H,4,7-10,13-15H2,(H,26,30). The van der Waals surface area contributed by atoms with E-state index < -0.39 is 0 Å². The van der Waals surface area contributed by atoms with Crippen molar-refractivity contribution in [3.63, 3.8) is 0 Å². The van der Waals surface area contributed by atoms with Gasteiger partial charge in [-0.1, -0.05) is 35.5 Å². The lowest BCUT2D eigenvalue weighted by molar-refractivity contribution is -0.131. The highest BCUT2D eigenvalue weighted by Gasteiger charge is 2.23.